The van der Waals surface area contributed by atoms with Crippen LogP contribution in [0.5, 0.6) is 11.5 Å². The Bertz CT molecular complexity index is 615. The van der Waals surface area contributed by atoms with Crippen LogP contribution in [0, 0.1) is 0 Å². The summed E-state index contributed by atoms with van der Waals surface area (Å²) < 4.78 is 5.01. The predicted octanol–water partition coefficient (Wildman–Crippen LogP) is 1.11. The Morgan fingerprint density at radius 3 is 2.12 bits per heavy atom. The van der Waals surface area contributed by atoms with Crippen LogP contribution >= 0.6 is 0 Å². The third kappa shape index (κ3) is 6.12. The standard InChI is InChI=1S/C16H23NO8/c1-16(2,3)25-15(24)17-5-4-9(18)13(21)12-10(19)6-8(14(22)23)7-11(12)20/h6-7,9,13,18-21H,4-5H2,1-3H3,(H,17,24)(H,22,23). The minimum Gasteiger partial charge on any atom is -0.507 e. The van der Waals surface area contributed by atoms with Gasteiger partial charge in [0.15, 0.2) is 0 Å². The van der Waals surface area contributed by atoms with Crippen LogP contribution in [0.3, 0.4) is 0 Å². The van der Waals surface area contributed by atoms with E-state index in [1.165, 1.54) is 0 Å². The van der Waals surface area contributed by atoms with Crippen molar-refractivity contribution in [2.24, 2.45) is 0 Å². The lowest BCUT2D eigenvalue weighted by Gasteiger charge is -2.22. The number of aromatic hydroxyl groups is 2. The van der Waals surface area contributed by atoms with Gasteiger partial charge < -0.3 is 35.6 Å². The lowest BCUT2D eigenvalue weighted by Crippen LogP contribution is -2.34. The second-order valence-electron chi connectivity index (χ2n) is 6.46. The monoisotopic (exact) mass is 357 g/mol. The van der Waals surface area contributed by atoms with Gasteiger partial charge in [-0.15, -0.1) is 0 Å². The quantitative estimate of drug-likeness (QED) is 0.442. The van der Waals surface area contributed by atoms with Crippen LogP contribution < -0.4 is 5.32 Å². The summed E-state index contributed by atoms with van der Waals surface area (Å²) in [6.07, 6.45) is -3.89. The molecule has 0 fully saturated rings. The van der Waals surface area contributed by atoms with Crippen molar-refractivity contribution < 1.29 is 39.9 Å². The van der Waals surface area contributed by atoms with Gasteiger partial charge in [0.2, 0.25) is 0 Å². The van der Waals surface area contributed by atoms with Gasteiger partial charge in [-0.25, -0.2) is 9.59 Å². The van der Waals surface area contributed by atoms with E-state index >= 15 is 0 Å². The first-order valence-electron chi connectivity index (χ1n) is 7.54. The van der Waals surface area contributed by atoms with Crippen LogP contribution in [0.1, 0.15) is 49.2 Å². The van der Waals surface area contributed by atoms with Gasteiger partial charge in [-0.1, -0.05) is 0 Å². The van der Waals surface area contributed by atoms with Crippen molar-refractivity contribution in [3.05, 3.63) is 23.3 Å². The van der Waals surface area contributed by atoms with Crippen LogP contribution in [0.25, 0.3) is 0 Å². The Hall–Kier alpha value is -2.52. The molecule has 6 N–H and O–H groups in total. The molecule has 0 aromatic heterocycles. The summed E-state index contributed by atoms with van der Waals surface area (Å²) in [6.45, 7) is 5.05. The molecule has 2 unspecified atom stereocenters. The van der Waals surface area contributed by atoms with Gasteiger partial charge in [0.25, 0.3) is 0 Å². The molecule has 1 rings (SSSR count). The number of ether oxygens (including phenoxy) is 1. The number of nitrogens with one attached hydrogen (secondary N) is 1. The highest BCUT2D eigenvalue weighted by molar-refractivity contribution is 5.89. The number of phenols is 2. The van der Waals surface area contributed by atoms with E-state index in [1.54, 1.807) is 20.8 Å². The number of carboxylic acids is 1. The first kappa shape index (κ1) is 20.5. The molecule has 0 saturated heterocycles. The smallest absolute Gasteiger partial charge is 0.407 e. The summed E-state index contributed by atoms with van der Waals surface area (Å²) in [4.78, 5) is 22.3. The van der Waals surface area contributed by atoms with Gasteiger partial charge in [-0.2, -0.15) is 0 Å². The van der Waals surface area contributed by atoms with E-state index < -0.39 is 46.9 Å². The summed E-state index contributed by atoms with van der Waals surface area (Å²) in [5, 5.41) is 50.9. The molecule has 0 saturated carbocycles. The molecule has 25 heavy (non-hydrogen) atoms. The number of aromatic carboxylic acids is 1. The zero-order valence-corrected chi connectivity index (χ0v) is 14.2. The van der Waals surface area contributed by atoms with Crippen LogP contribution in [0.2, 0.25) is 0 Å². The maximum Gasteiger partial charge on any atom is 0.407 e. The van der Waals surface area contributed by atoms with Gasteiger partial charge in [-0.05, 0) is 39.3 Å². The van der Waals surface area contributed by atoms with Crippen molar-refractivity contribution in [1.82, 2.24) is 5.32 Å². The van der Waals surface area contributed by atoms with Crippen molar-refractivity contribution in [2.45, 2.75) is 45.0 Å². The third-order valence-corrected chi connectivity index (χ3v) is 3.15. The Morgan fingerprint density at radius 2 is 1.68 bits per heavy atom. The van der Waals surface area contributed by atoms with Gasteiger partial charge in [-0.3, -0.25) is 0 Å². The highest BCUT2D eigenvalue weighted by Crippen LogP contribution is 2.36. The largest absolute Gasteiger partial charge is 0.507 e. The topological polar surface area (TPSA) is 157 Å². The second kappa shape index (κ2) is 8.04. The number of amides is 1. The Kier molecular flexibility index (Phi) is 6.60. The number of carbonyl (C=O) groups excluding carboxylic acids is 1. The number of rotatable bonds is 6. The molecular weight excluding hydrogens is 334 g/mol. The summed E-state index contributed by atoms with van der Waals surface area (Å²) in [5.41, 5.74) is -1.44. The van der Waals surface area contributed by atoms with Gasteiger partial charge in [0, 0.05) is 6.54 Å². The molecule has 0 aliphatic heterocycles. The maximum atomic E-state index is 11.5. The molecule has 0 spiro atoms. The van der Waals surface area contributed by atoms with E-state index in [1.807, 2.05) is 0 Å². The minimum absolute atomic E-state index is 0.0259. The van der Waals surface area contributed by atoms with Crippen LogP contribution in [0.4, 0.5) is 4.79 Å². The van der Waals surface area contributed by atoms with Crippen LogP contribution in [0.15, 0.2) is 12.1 Å². The fourth-order valence-corrected chi connectivity index (χ4v) is 2.04. The SMILES string of the molecule is CC(C)(C)OC(=O)NCCC(O)C(O)c1c(O)cc(C(=O)O)cc1O. The Balaban J connectivity index is 2.69. The number of alkyl carbamates (subject to hydrolysis) is 1. The van der Waals surface area contributed by atoms with Crippen molar-refractivity contribution >= 4 is 12.1 Å². The number of hydrogen-bond donors (Lipinski definition) is 6. The highest BCUT2D eigenvalue weighted by atomic mass is 16.6. The van der Waals surface area contributed by atoms with E-state index in [9.17, 15) is 30.0 Å². The molecule has 0 radical (unpaired) electrons. The van der Waals surface area contributed by atoms with Crippen molar-refractivity contribution in [2.75, 3.05) is 6.54 Å². The number of aliphatic hydroxyl groups excluding tert-OH is 2. The number of hydrogen-bond acceptors (Lipinski definition) is 7. The third-order valence-electron chi connectivity index (χ3n) is 3.15. The molecule has 1 aromatic carbocycles. The number of phenolic OH excluding ortho intramolecular Hbond substituents is 2. The highest BCUT2D eigenvalue weighted by Gasteiger charge is 2.26. The molecular formula is C16H23NO8. The minimum atomic E-state index is -1.68. The zero-order valence-electron chi connectivity index (χ0n) is 14.2. The number of carbonyl (C=O) groups is 2. The van der Waals surface area contributed by atoms with Crippen LogP contribution in [-0.4, -0.2) is 55.8 Å². The molecule has 0 aliphatic rings. The van der Waals surface area contributed by atoms with E-state index in [-0.39, 0.29) is 18.5 Å². The average Bonchev–Trinajstić information content (AvgIpc) is 2.43. The van der Waals surface area contributed by atoms with E-state index in [0.717, 1.165) is 12.1 Å². The lowest BCUT2D eigenvalue weighted by atomic mass is 9.98. The molecule has 9 heteroatoms. The summed E-state index contributed by atoms with van der Waals surface area (Å²) in [5.74, 6) is -2.69. The summed E-state index contributed by atoms with van der Waals surface area (Å²) in [6, 6.07) is 1.71. The molecule has 140 valence electrons. The van der Waals surface area contributed by atoms with Gasteiger partial charge in [0.05, 0.1) is 17.2 Å². The second-order valence-corrected chi connectivity index (χ2v) is 6.46. The average molecular weight is 357 g/mol. The number of carboxylic acid groups (broad SMARTS) is 1. The molecule has 1 amide bonds. The molecule has 1 aromatic rings. The van der Waals surface area contributed by atoms with Gasteiger partial charge in [0.1, 0.15) is 23.2 Å². The van der Waals surface area contributed by atoms with Crippen LogP contribution in [-0.2, 0) is 4.74 Å². The van der Waals surface area contributed by atoms with Crippen molar-refractivity contribution in [1.29, 1.82) is 0 Å². The fourth-order valence-electron chi connectivity index (χ4n) is 2.04. The van der Waals surface area contributed by atoms with Crippen molar-refractivity contribution in [3.8, 4) is 11.5 Å². The van der Waals surface area contributed by atoms with E-state index in [2.05, 4.69) is 5.32 Å². The molecule has 0 bridgehead atoms. The maximum absolute atomic E-state index is 11.5. The summed E-state index contributed by atoms with van der Waals surface area (Å²) in [7, 11) is 0. The predicted molar refractivity (Wildman–Crippen MR) is 86.6 cm³/mol. The Labute approximate surface area is 144 Å². The van der Waals surface area contributed by atoms with Crippen molar-refractivity contribution in [3.63, 3.8) is 0 Å². The first-order chi connectivity index (χ1) is 11.4. The molecule has 0 heterocycles. The number of benzene rings is 1. The zero-order chi connectivity index (χ0) is 19.4. The van der Waals surface area contributed by atoms with Gasteiger partial charge >= 0.3 is 12.1 Å². The molecule has 2 atom stereocenters. The molecule has 0 aliphatic carbocycles. The lowest BCUT2D eigenvalue weighted by molar-refractivity contribution is 0.00975. The number of aliphatic hydroxyl groups is 2. The first-order valence-corrected chi connectivity index (χ1v) is 7.54. The van der Waals surface area contributed by atoms with E-state index in [4.69, 9.17) is 9.84 Å². The Morgan fingerprint density at radius 1 is 1.16 bits per heavy atom. The molecule has 9 nitrogen and oxygen atoms in total. The fraction of sp³-hybridized carbons (Fsp3) is 0.500. The van der Waals surface area contributed by atoms with E-state index in [0.29, 0.717) is 0 Å². The normalized spacial score (nSPS) is 13.8. The summed E-state index contributed by atoms with van der Waals surface area (Å²) >= 11 is 0.